The van der Waals surface area contributed by atoms with Gasteiger partial charge in [0.15, 0.2) is 0 Å². The van der Waals surface area contributed by atoms with Gasteiger partial charge >= 0.3 is 5.69 Å². The summed E-state index contributed by atoms with van der Waals surface area (Å²) < 4.78 is 18.4. The fourth-order valence-corrected chi connectivity index (χ4v) is 1.44. The molecule has 0 saturated carbocycles. The molecule has 0 atom stereocenters. The van der Waals surface area contributed by atoms with Crippen molar-refractivity contribution in [2.75, 3.05) is 12.4 Å². The van der Waals surface area contributed by atoms with Crippen molar-refractivity contribution in [3.05, 3.63) is 52.3 Å². The number of nitro benzene ring substituents is 1. The lowest BCUT2D eigenvalue weighted by molar-refractivity contribution is -0.385. The number of nitrogens with one attached hydrogen (secondary N) is 1. The molecule has 2 aromatic rings. The Labute approximate surface area is 108 Å². The minimum atomic E-state index is -0.642. The van der Waals surface area contributed by atoms with Gasteiger partial charge in [0.1, 0.15) is 11.6 Å². The fourth-order valence-electron chi connectivity index (χ4n) is 1.44. The number of rotatable bonds is 4. The van der Waals surface area contributed by atoms with Crippen molar-refractivity contribution in [2.24, 2.45) is 0 Å². The molecule has 98 valence electrons. The predicted octanol–water partition coefficient (Wildman–Crippen LogP) is 2.96. The van der Waals surface area contributed by atoms with Crippen LogP contribution in [0.3, 0.4) is 0 Å². The van der Waals surface area contributed by atoms with Gasteiger partial charge in [0.05, 0.1) is 4.92 Å². The molecule has 0 unspecified atom stereocenters. The van der Waals surface area contributed by atoms with Crippen molar-refractivity contribution in [3.63, 3.8) is 0 Å². The van der Waals surface area contributed by atoms with Crippen LogP contribution in [0.25, 0.3) is 0 Å². The number of ether oxygens (including phenoxy) is 1. The topological polar surface area (TPSA) is 77.3 Å². The Morgan fingerprint density at radius 3 is 2.84 bits per heavy atom. The van der Waals surface area contributed by atoms with E-state index in [1.807, 2.05) is 0 Å². The Morgan fingerprint density at radius 1 is 1.37 bits per heavy atom. The van der Waals surface area contributed by atoms with Crippen LogP contribution < -0.4 is 10.1 Å². The van der Waals surface area contributed by atoms with Gasteiger partial charge in [-0.3, -0.25) is 10.1 Å². The highest BCUT2D eigenvalue weighted by Gasteiger charge is 2.17. The maximum absolute atomic E-state index is 13.1. The van der Waals surface area contributed by atoms with Gasteiger partial charge in [-0.15, -0.1) is 0 Å². The van der Waals surface area contributed by atoms with Gasteiger partial charge in [0, 0.05) is 25.2 Å². The molecule has 19 heavy (non-hydrogen) atoms. The second-order valence-corrected chi connectivity index (χ2v) is 3.58. The van der Waals surface area contributed by atoms with E-state index in [-0.39, 0.29) is 17.3 Å². The molecule has 0 spiro atoms. The van der Waals surface area contributed by atoms with Crippen LogP contribution in [0, 0.1) is 15.9 Å². The molecule has 1 aromatic heterocycles. The molecule has 1 N–H and O–H groups in total. The molecule has 0 aliphatic rings. The van der Waals surface area contributed by atoms with Gasteiger partial charge in [-0.2, -0.15) is 4.98 Å². The monoisotopic (exact) mass is 263 g/mol. The first-order valence-electron chi connectivity index (χ1n) is 5.37. The summed E-state index contributed by atoms with van der Waals surface area (Å²) in [5.74, 6) is -0.131. The molecule has 0 aliphatic carbocycles. The predicted molar refractivity (Wildman–Crippen MR) is 66.9 cm³/mol. The standard InChI is InChI=1S/C12H10FN3O3/c1-14-11-3-2-4-12(15-11)19-10-7-8(13)5-6-9(10)16(17)18/h2-7H,1H3,(H,14,15). The molecular formula is C12H10FN3O3. The molecule has 6 nitrogen and oxygen atoms in total. The first-order chi connectivity index (χ1) is 9.10. The molecule has 0 aliphatic heterocycles. The third-order valence-electron chi connectivity index (χ3n) is 2.31. The van der Waals surface area contributed by atoms with Crippen LogP contribution in [0.15, 0.2) is 36.4 Å². The van der Waals surface area contributed by atoms with Crippen LogP contribution in [-0.2, 0) is 0 Å². The summed E-state index contributed by atoms with van der Waals surface area (Å²) in [5, 5.41) is 13.6. The Balaban J connectivity index is 2.36. The number of hydrogen-bond donors (Lipinski definition) is 1. The maximum atomic E-state index is 13.1. The van der Waals surface area contributed by atoms with Crippen LogP contribution in [0.2, 0.25) is 0 Å². The third-order valence-corrected chi connectivity index (χ3v) is 2.31. The van der Waals surface area contributed by atoms with Crippen LogP contribution in [0.5, 0.6) is 11.6 Å². The summed E-state index contributed by atoms with van der Waals surface area (Å²) in [5.41, 5.74) is -0.321. The zero-order chi connectivity index (χ0) is 13.8. The van der Waals surface area contributed by atoms with E-state index in [1.165, 1.54) is 6.07 Å². The molecule has 2 rings (SSSR count). The van der Waals surface area contributed by atoms with Gasteiger partial charge in [0.2, 0.25) is 11.6 Å². The molecule has 1 heterocycles. The SMILES string of the molecule is CNc1cccc(Oc2cc(F)ccc2[N+](=O)[O-])n1. The number of hydrogen-bond acceptors (Lipinski definition) is 5. The van der Waals surface area contributed by atoms with Crippen molar-refractivity contribution in [1.82, 2.24) is 4.98 Å². The summed E-state index contributed by atoms with van der Waals surface area (Å²) in [7, 11) is 1.68. The number of benzene rings is 1. The second-order valence-electron chi connectivity index (χ2n) is 3.58. The van der Waals surface area contributed by atoms with Crippen LogP contribution >= 0.6 is 0 Å². The lowest BCUT2D eigenvalue weighted by atomic mass is 10.3. The van der Waals surface area contributed by atoms with Crippen molar-refractivity contribution in [3.8, 4) is 11.6 Å². The number of aromatic nitrogens is 1. The number of halogens is 1. The summed E-state index contributed by atoms with van der Waals surface area (Å²) in [6, 6.07) is 7.89. The van der Waals surface area contributed by atoms with E-state index >= 15 is 0 Å². The molecule has 0 saturated heterocycles. The van der Waals surface area contributed by atoms with Crippen molar-refractivity contribution < 1.29 is 14.1 Å². The van der Waals surface area contributed by atoms with Crippen molar-refractivity contribution in [2.45, 2.75) is 0 Å². The summed E-state index contributed by atoms with van der Waals surface area (Å²) in [4.78, 5) is 14.2. The number of anilines is 1. The average molecular weight is 263 g/mol. The summed E-state index contributed by atoms with van der Waals surface area (Å²) in [6.45, 7) is 0. The first-order valence-corrected chi connectivity index (χ1v) is 5.37. The minimum absolute atomic E-state index is 0.139. The normalized spacial score (nSPS) is 10.0. The largest absolute Gasteiger partial charge is 0.432 e. The van der Waals surface area contributed by atoms with Gasteiger partial charge in [-0.1, -0.05) is 6.07 Å². The smallest absolute Gasteiger partial charge is 0.311 e. The Kier molecular flexibility index (Phi) is 3.56. The fraction of sp³-hybridized carbons (Fsp3) is 0.0833. The third kappa shape index (κ3) is 2.95. The molecule has 7 heteroatoms. The van der Waals surface area contributed by atoms with Crippen LogP contribution in [0.1, 0.15) is 0 Å². The quantitative estimate of drug-likeness (QED) is 0.677. The molecular weight excluding hydrogens is 253 g/mol. The number of nitrogens with zero attached hydrogens (tertiary/aromatic N) is 2. The molecule has 0 amide bonds. The maximum Gasteiger partial charge on any atom is 0.311 e. The van der Waals surface area contributed by atoms with E-state index in [0.29, 0.717) is 5.82 Å². The summed E-state index contributed by atoms with van der Waals surface area (Å²) >= 11 is 0. The molecule has 0 fully saturated rings. The zero-order valence-corrected chi connectivity index (χ0v) is 9.96. The van der Waals surface area contributed by atoms with Gasteiger partial charge < -0.3 is 10.1 Å². The van der Waals surface area contributed by atoms with Crippen molar-refractivity contribution in [1.29, 1.82) is 0 Å². The van der Waals surface area contributed by atoms with E-state index in [1.54, 1.807) is 19.2 Å². The summed E-state index contributed by atoms with van der Waals surface area (Å²) in [6.07, 6.45) is 0. The van der Waals surface area contributed by atoms with Gasteiger partial charge in [0.25, 0.3) is 0 Å². The van der Waals surface area contributed by atoms with Crippen LogP contribution in [-0.4, -0.2) is 17.0 Å². The minimum Gasteiger partial charge on any atom is -0.432 e. The van der Waals surface area contributed by atoms with E-state index in [2.05, 4.69) is 10.3 Å². The van der Waals surface area contributed by atoms with Crippen molar-refractivity contribution >= 4 is 11.5 Å². The Morgan fingerprint density at radius 2 is 2.16 bits per heavy atom. The zero-order valence-electron chi connectivity index (χ0n) is 9.96. The molecule has 0 radical (unpaired) electrons. The first kappa shape index (κ1) is 12.7. The highest BCUT2D eigenvalue weighted by Crippen LogP contribution is 2.31. The second kappa shape index (κ2) is 5.30. The Bertz CT molecular complexity index is 619. The number of nitro groups is 1. The highest BCUT2D eigenvalue weighted by atomic mass is 19.1. The average Bonchev–Trinajstić information content (AvgIpc) is 2.38. The highest BCUT2D eigenvalue weighted by molar-refractivity contribution is 5.48. The van der Waals surface area contributed by atoms with Gasteiger partial charge in [-0.25, -0.2) is 4.39 Å². The lowest BCUT2D eigenvalue weighted by Gasteiger charge is -2.06. The molecule has 0 bridgehead atoms. The van der Waals surface area contributed by atoms with E-state index in [9.17, 15) is 14.5 Å². The van der Waals surface area contributed by atoms with E-state index < -0.39 is 10.7 Å². The molecule has 1 aromatic carbocycles. The van der Waals surface area contributed by atoms with E-state index in [4.69, 9.17) is 4.74 Å². The van der Waals surface area contributed by atoms with Crippen LogP contribution in [0.4, 0.5) is 15.9 Å². The lowest BCUT2D eigenvalue weighted by Crippen LogP contribution is -1.97. The van der Waals surface area contributed by atoms with Gasteiger partial charge in [-0.05, 0) is 12.1 Å². The number of pyridine rings is 1. The van der Waals surface area contributed by atoms with E-state index in [0.717, 1.165) is 18.2 Å². The Hall–Kier alpha value is -2.70.